The number of hydrogen-bond acceptors (Lipinski definition) is 2. The Labute approximate surface area is 73.7 Å². The molecule has 0 fully saturated rings. The van der Waals surface area contributed by atoms with Crippen LogP contribution in [0.3, 0.4) is 0 Å². The van der Waals surface area contributed by atoms with E-state index in [1.54, 1.807) is 0 Å². The molecule has 12 heavy (non-hydrogen) atoms. The third kappa shape index (κ3) is 4.75. The Hall–Kier alpha value is -1.01. The third-order valence-electron chi connectivity index (χ3n) is 1.48. The van der Waals surface area contributed by atoms with Crippen LogP contribution in [0.15, 0.2) is 0 Å². The fraction of sp³-hybridized carbons (Fsp3) is 0.667. The summed E-state index contributed by atoms with van der Waals surface area (Å²) in [5.41, 5.74) is 5.10. The van der Waals surface area contributed by atoms with Gasteiger partial charge in [0, 0.05) is 24.9 Å². The number of carbonyl (C=O) groups is 1. The summed E-state index contributed by atoms with van der Waals surface area (Å²) in [7, 11) is 0. The normalized spacial score (nSPS) is 10.5. The van der Waals surface area contributed by atoms with Gasteiger partial charge in [0.2, 0.25) is 5.91 Å². The topological polar surface area (TPSA) is 55.1 Å². The van der Waals surface area contributed by atoms with Crippen molar-refractivity contribution in [2.24, 2.45) is 5.73 Å². The first kappa shape index (κ1) is 11.0. The first-order valence-electron chi connectivity index (χ1n) is 3.96. The van der Waals surface area contributed by atoms with Crippen molar-refractivity contribution in [3.8, 4) is 12.3 Å². The molecule has 0 unspecified atom stereocenters. The monoisotopic (exact) mass is 168 g/mol. The van der Waals surface area contributed by atoms with E-state index in [9.17, 15) is 4.79 Å². The van der Waals surface area contributed by atoms with Gasteiger partial charge in [0.1, 0.15) is 0 Å². The average molecular weight is 168 g/mol. The van der Waals surface area contributed by atoms with Crippen LogP contribution < -0.4 is 11.1 Å². The highest BCUT2D eigenvalue weighted by Gasteiger charge is 2.17. The Kier molecular flexibility index (Phi) is 4.38. The van der Waals surface area contributed by atoms with Crippen LogP contribution in [0.1, 0.15) is 26.7 Å². The molecule has 0 saturated heterocycles. The molecule has 0 aliphatic heterocycles. The molecule has 3 nitrogen and oxygen atoms in total. The smallest absolute Gasteiger partial charge is 0.221 e. The second-order valence-corrected chi connectivity index (χ2v) is 3.34. The fourth-order valence-corrected chi connectivity index (χ4v) is 0.677. The van der Waals surface area contributed by atoms with Crippen LogP contribution in [-0.2, 0) is 4.79 Å². The molecule has 0 aromatic heterocycles. The highest BCUT2D eigenvalue weighted by atomic mass is 16.1. The van der Waals surface area contributed by atoms with Crippen LogP contribution in [0.2, 0.25) is 0 Å². The van der Waals surface area contributed by atoms with Crippen molar-refractivity contribution < 1.29 is 4.79 Å². The van der Waals surface area contributed by atoms with Gasteiger partial charge in [0.25, 0.3) is 0 Å². The zero-order valence-corrected chi connectivity index (χ0v) is 7.68. The number of terminal acetylenes is 1. The van der Waals surface area contributed by atoms with E-state index in [4.69, 9.17) is 12.2 Å². The lowest BCUT2D eigenvalue weighted by molar-refractivity contribution is -0.122. The van der Waals surface area contributed by atoms with Gasteiger partial charge >= 0.3 is 0 Å². The van der Waals surface area contributed by atoms with Gasteiger partial charge in [-0.15, -0.1) is 12.3 Å². The van der Waals surface area contributed by atoms with Crippen molar-refractivity contribution in [1.29, 1.82) is 0 Å². The van der Waals surface area contributed by atoms with E-state index in [2.05, 4.69) is 11.2 Å². The number of rotatable bonds is 4. The van der Waals surface area contributed by atoms with E-state index in [-0.39, 0.29) is 11.4 Å². The van der Waals surface area contributed by atoms with E-state index in [0.717, 1.165) is 0 Å². The van der Waals surface area contributed by atoms with Crippen molar-refractivity contribution in [3.05, 3.63) is 0 Å². The number of nitrogens with one attached hydrogen (secondary N) is 1. The minimum atomic E-state index is -0.328. The Morgan fingerprint density at radius 2 is 2.25 bits per heavy atom. The van der Waals surface area contributed by atoms with Gasteiger partial charge in [-0.05, 0) is 13.8 Å². The van der Waals surface area contributed by atoms with E-state index in [1.165, 1.54) is 0 Å². The second kappa shape index (κ2) is 4.78. The molecule has 0 atom stereocenters. The summed E-state index contributed by atoms with van der Waals surface area (Å²) in [4.78, 5) is 11.1. The Bertz CT molecular complexity index is 191. The maximum absolute atomic E-state index is 11.1. The quantitative estimate of drug-likeness (QED) is 0.591. The number of amides is 1. The molecular weight excluding hydrogens is 152 g/mol. The highest BCUT2D eigenvalue weighted by molar-refractivity contribution is 5.76. The van der Waals surface area contributed by atoms with Crippen LogP contribution in [0.25, 0.3) is 0 Å². The summed E-state index contributed by atoms with van der Waals surface area (Å²) in [6.07, 6.45) is 5.87. The zero-order valence-electron chi connectivity index (χ0n) is 7.68. The predicted molar refractivity (Wildman–Crippen MR) is 49.3 cm³/mol. The molecule has 0 spiro atoms. The summed E-state index contributed by atoms with van der Waals surface area (Å²) in [6, 6.07) is 0. The molecule has 0 aromatic rings. The van der Waals surface area contributed by atoms with E-state index in [1.807, 2.05) is 13.8 Å². The van der Waals surface area contributed by atoms with Crippen LogP contribution in [0.5, 0.6) is 0 Å². The summed E-state index contributed by atoms with van der Waals surface area (Å²) in [6.45, 7) is 4.18. The molecule has 0 aliphatic rings. The van der Waals surface area contributed by atoms with E-state index >= 15 is 0 Å². The van der Waals surface area contributed by atoms with Crippen LogP contribution in [-0.4, -0.2) is 18.0 Å². The zero-order chi connectivity index (χ0) is 9.61. The molecule has 0 radical (unpaired) electrons. The van der Waals surface area contributed by atoms with Crippen molar-refractivity contribution in [3.63, 3.8) is 0 Å². The van der Waals surface area contributed by atoms with Crippen molar-refractivity contribution in [2.75, 3.05) is 6.54 Å². The lowest BCUT2D eigenvalue weighted by Crippen LogP contribution is -2.48. The summed E-state index contributed by atoms with van der Waals surface area (Å²) in [5.74, 6) is 2.37. The van der Waals surface area contributed by atoms with Crippen LogP contribution >= 0.6 is 0 Å². The van der Waals surface area contributed by atoms with E-state index < -0.39 is 0 Å². The van der Waals surface area contributed by atoms with Gasteiger partial charge in [0.05, 0.1) is 0 Å². The van der Waals surface area contributed by atoms with Gasteiger partial charge in [-0.2, -0.15) is 0 Å². The molecule has 0 saturated carbocycles. The minimum absolute atomic E-state index is 0.0385. The molecule has 0 bridgehead atoms. The Balaban J connectivity index is 3.78. The summed E-state index contributed by atoms with van der Waals surface area (Å²) < 4.78 is 0. The average Bonchev–Trinajstić information content (AvgIpc) is 2.00. The summed E-state index contributed by atoms with van der Waals surface area (Å²) in [5, 5.41) is 2.78. The molecule has 3 heteroatoms. The van der Waals surface area contributed by atoms with Crippen LogP contribution in [0.4, 0.5) is 0 Å². The highest BCUT2D eigenvalue weighted by Crippen LogP contribution is 1.99. The first-order chi connectivity index (χ1) is 5.52. The standard InChI is InChI=1S/C9H16N2O/c1-4-5-6-8(12)11-9(2,3)7-10/h1H,5-7,10H2,2-3H3,(H,11,12). The maximum atomic E-state index is 11.1. The van der Waals surface area contributed by atoms with Crippen molar-refractivity contribution >= 4 is 5.91 Å². The van der Waals surface area contributed by atoms with Gasteiger partial charge in [-0.1, -0.05) is 0 Å². The SMILES string of the molecule is C#CCCC(=O)NC(C)(C)CN. The molecule has 0 aliphatic carbocycles. The molecule has 0 heterocycles. The third-order valence-corrected chi connectivity index (χ3v) is 1.48. The lowest BCUT2D eigenvalue weighted by atomic mass is 10.1. The molecular formula is C9H16N2O. The van der Waals surface area contributed by atoms with Gasteiger partial charge in [-0.3, -0.25) is 4.79 Å². The second-order valence-electron chi connectivity index (χ2n) is 3.34. The number of hydrogen-bond donors (Lipinski definition) is 2. The number of nitrogens with two attached hydrogens (primary N) is 1. The Morgan fingerprint density at radius 3 is 2.67 bits per heavy atom. The minimum Gasteiger partial charge on any atom is -0.350 e. The molecule has 1 amide bonds. The summed E-state index contributed by atoms with van der Waals surface area (Å²) >= 11 is 0. The van der Waals surface area contributed by atoms with Gasteiger partial charge < -0.3 is 11.1 Å². The first-order valence-corrected chi connectivity index (χ1v) is 3.96. The molecule has 0 rings (SSSR count). The fourth-order valence-electron chi connectivity index (χ4n) is 0.677. The van der Waals surface area contributed by atoms with Gasteiger partial charge in [0.15, 0.2) is 0 Å². The predicted octanol–water partition coefficient (Wildman–Crippen LogP) is 0.253. The van der Waals surface area contributed by atoms with Gasteiger partial charge in [-0.25, -0.2) is 0 Å². The number of carbonyl (C=O) groups excluding carboxylic acids is 1. The molecule has 0 aromatic carbocycles. The van der Waals surface area contributed by atoms with E-state index in [0.29, 0.717) is 19.4 Å². The van der Waals surface area contributed by atoms with Crippen LogP contribution in [0, 0.1) is 12.3 Å². The van der Waals surface area contributed by atoms with Crippen molar-refractivity contribution in [2.45, 2.75) is 32.2 Å². The lowest BCUT2D eigenvalue weighted by Gasteiger charge is -2.23. The Morgan fingerprint density at radius 1 is 1.67 bits per heavy atom. The van der Waals surface area contributed by atoms with Crippen molar-refractivity contribution in [1.82, 2.24) is 5.32 Å². The maximum Gasteiger partial charge on any atom is 0.221 e. The molecule has 3 N–H and O–H groups in total. The largest absolute Gasteiger partial charge is 0.350 e. The molecule has 68 valence electrons.